The number of rotatable bonds is 6. The lowest BCUT2D eigenvalue weighted by molar-refractivity contribution is 0.721. The Bertz CT molecular complexity index is 202. The molecule has 0 amide bonds. The van der Waals surface area contributed by atoms with E-state index in [4.69, 9.17) is 0 Å². The maximum atomic E-state index is 3.81. The number of nitrogens with one attached hydrogen (secondary N) is 1. The first-order chi connectivity index (χ1) is 6.20. The maximum absolute atomic E-state index is 3.81. The molecule has 0 saturated heterocycles. The van der Waals surface area contributed by atoms with Crippen molar-refractivity contribution in [1.29, 1.82) is 0 Å². The van der Waals surface area contributed by atoms with Crippen LogP contribution in [0, 0.1) is 0 Å². The first-order valence-corrected chi connectivity index (χ1v) is 4.66. The average molecular weight is 180 g/mol. The fourth-order valence-corrected chi connectivity index (χ4v) is 0.943. The van der Waals surface area contributed by atoms with Gasteiger partial charge in [0, 0.05) is 5.70 Å². The molecule has 0 spiro atoms. The lowest BCUT2D eigenvalue weighted by Crippen LogP contribution is -2.07. The van der Waals surface area contributed by atoms with Crippen LogP contribution in [0.2, 0.25) is 0 Å². The molecule has 0 rings (SSSR count). The molecule has 0 aromatic carbocycles. The first kappa shape index (κ1) is 12.1. The summed E-state index contributed by atoms with van der Waals surface area (Å²) in [5, 5.41) is 3.13. The SMILES string of the molecule is C=N/C(C)=C\C=C(/C)CCCNC. The van der Waals surface area contributed by atoms with E-state index in [0.717, 1.165) is 18.7 Å². The quantitative estimate of drug-likeness (QED) is 0.379. The fraction of sp³-hybridized carbons (Fsp3) is 0.545. The molecule has 0 heterocycles. The minimum absolute atomic E-state index is 0.966. The number of hydrogen-bond acceptors (Lipinski definition) is 2. The van der Waals surface area contributed by atoms with Gasteiger partial charge in [0.2, 0.25) is 0 Å². The van der Waals surface area contributed by atoms with Gasteiger partial charge in [-0.15, -0.1) is 0 Å². The van der Waals surface area contributed by atoms with Crippen LogP contribution in [0.1, 0.15) is 26.7 Å². The standard InChI is InChI=1S/C11H20N2/c1-10(6-5-9-12-3)7-8-11(2)13-4/h7-8,12H,4-6,9H2,1-3H3/b10-7+,11-8-. The maximum Gasteiger partial charge on any atom is 0.0365 e. The molecule has 0 atom stereocenters. The van der Waals surface area contributed by atoms with Crippen molar-refractivity contribution in [2.75, 3.05) is 13.6 Å². The summed E-state index contributed by atoms with van der Waals surface area (Å²) in [4.78, 5) is 3.81. The Labute approximate surface area is 81.5 Å². The summed E-state index contributed by atoms with van der Waals surface area (Å²) in [5.74, 6) is 0. The summed E-state index contributed by atoms with van der Waals surface area (Å²) in [7, 11) is 1.98. The van der Waals surface area contributed by atoms with E-state index < -0.39 is 0 Å². The van der Waals surface area contributed by atoms with Crippen LogP contribution >= 0.6 is 0 Å². The van der Waals surface area contributed by atoms with Crippen LogP contribution in [0.4, 0.5) is 0 Å². The van der Waals surface area contributed by atoms with Crippen LogP contribution in [-0.2, 0) is 0 Å². The smallest absolute Gasteiger partial charge is 0.0365 e. The lowest BCUT2D eigenvalue weighted by Gasteiger charge is -1.99. The largest absolute Gasteiger partial charge is 0.320 e. The Morgan fingerprint density at radius 3 is 2.62 bits per heavy atom. The molecular weight excluding hydrogens is 160 g/mol. The van der Waals surface area contributed by atoms with Gasteiger partial charge in [0.25, 0.3) is 0 Å². The molecule has 0 aliphatic carbocycles. The second-order valence-corrected chi connectivity index (χ2v) is 3.19. The predicted octanol–water partition coefficient (Wildman–Crippen LogP) is 2.54. The summed E-state index contributed by atoms with van der Waals surface area (Å²) in [6.45, 7) is 8.62. The minimum atomic E-state index is 0.966. The summed E-state index contributed by atoms with van der Waals surface area (Å²) < 4.78 is 0. The van der Waals surface area contributed by atoms with Crippen molar-refractivity contribution in [3.05, 3.63) is 23.4 Å². The highest BCUT2D eigenvalue weighted by molar-refractivity contribution is 5.29. The molecule has 0 fully saturated rings. The zero-order valence-corrected chi connectivity index (χ0v) is 8.93. The Morgan fingerprint density at radius 1 is 1.38 bits per heavy atom. The highest BCUT2D eigenvalue weighted by Gasteiger charge is 1.88. The summed E-state index contributed by atoms with van der Waals surface area (Å²) >= 11 is 0. The van der Waals surface area contributed by atoms with Gasteiger partial charge in [-0.25, -0.2) is 0 Å². The highest BCUT2D eigenvalue weighted by atomic mass is 14.8. The Morgan fingerprint density at radius 2 is 2.08 bits per heavy atom. The van der Waals surface area contributed by atoms with Gasteiger partial charge < -0.3 is 5.32 Å². The molecule has 2 heteroatoms. The highest BCUT2D eigenvalue weighted by Crippen LogP contribution is 2.04. The molecule has 0 radical (unpaired) electrons. The fourth-order valence-electron chi connectivity index (χ4n) is 0.943. The predicted molar refractivity (Wildman–Crippen MR) is 60.2 cm³/mol. The molecule has 0 aliphatic rings. The molecule has 0 bridgehead atoms. The van der Waals surface area contributed by atoms with Gasteiger partial charge >= 0.3 is 0 Å². The number of allylic oxidation sites excluding steroid dienone is 4. The van der Waals surface area contributed by atoms with Crippen LogP contribution in [0.25, 0.3) is 0 Å². The third kappa shape index (κ3) is 7.47. The third-order valence-electron chi connectivity index (χ3n) is 1.86. The van der Waals surface area contributed by atoms with Crippen molar-refractivity contribution < 1.29 is 0 Å². The van der Waals surface area contributed by atoms with Crippen molar-refractivity contribution in [1.82, 2.24) is 5.32 Å². The van der Waals surface area contributed by atoms with E-state index in [1.807, 2.05) is 20.0 Å². The number of nitrogens with zero attached hydrogens (tertiary/aromatic N) is 1. The summed E-state index contributed by atoms with van der Waals surface area (Å²) in [6.07, 6.45) is 6.44. The lowest BCUT2D eigenvalue weighted by atomic mass is 10.1. The zero-order valence-electron chi connectivity index (χ0n) is 8.93. The second kappa shape index (κ2) is 7.74. The summed E-state index contributed by atoms with van der Waals surface area (Å²) in [5.41, 5.74) is 2.35. The van der Waals surface area contributed by atoms with Gasteiger partial charge in [-0.2, -0.15) is 0 Å². The van der Waals surface area contributed by atoms with Gasteiger partial charge in [0.1, 0.15) is 0 Å². The van der Waals surface area contributed by atoms with Crippen molar-refractivity contribution in [3.8, 4) is 0 Å². The van der Waals surface area contributed by atoms with Gasteiger partial charge in [0.05, 0.1) is 0 Å². The van der Waals surface area contributed by atoms with Crippen LogP contribution in [-0.4, -0.2) is 20.3 Å². The average Bonchev–Trinajstić information content (AvgIpc) is 2.14. The minimum Gasteiger partial charge on any atom is -0.320 e. The van der Waals surface area contributed by atoms with E-state index in [9.17, 15) is 0 Å². The van der Waals surface area contributed by atoms with Crippen LogP contribution < -0.4 is 5.32 Å². The van der Waals surface area contributed by atoms with E-state index >= 15 is 0 Å². The van der Waals surface area contributed by atoms with Gasteiger partial charge in [-0.05, 0) is 53.1 Å². The molecule has 2 nitrogen and oxygen atoms in total. The number of aliphatic imine (C=N–C) groups is 1. The topological polar surface area (TPSA) is 24.4 Å². The van der Waals surface area contributed by atoms with Crippen LogP contribution in [0.3, 0.4) is 0 Å². The van der Waals surface area contributed by atoms with Crippen LogP contribution in [0.15, 0.2) is 28.4 Å². The molecular formula is C11H20N2. The van der Waals surface area contributed by atoms with E-state index in [2.05, 4.69) is 30.0 Å². The molecule has 0 aromatic heterocycles. The van der Waals surface area contributed by atoms with Crippen molar-refractivity contribution in [3.63, 3.8) is 0 Å². The van der Waals surface area contributed by atoms with Crippen molar-refractivity contribution in [2.45, 2.75) is 26.7 Å². The molecule has 1 N–H and O–H groups in total. The first-order valence-electron chi connectivity index (χ1n) is 4.66. The van der Waals surface area contributed by atoms with E-state index in [-0.39, 0.29) is 0 Å². The van der Waals surface area contributed by atoms with Crippen molar-refractivity contribution >= 4 is 6.72 Å². The molecule has 0 aromatic rings. The zero-order chi connectivity index (χ0) is 10.1. The second-order valence-electron chi connectivity index (χ2n) is 3.19. The van der Waals surface area contributed by atoms with Crippen LogP contribution in [0.5, 0.6) is 0 Å². The third-order valence-corrected chi connectivity index (χ3v) is 1.86. The molecule has 13 heavy (non-hydrogen) atoms. The summed E-state index contributed by atoms with van der Waals surface area (Å²) in [6, 6.07) is 0. The van der Waals surface area contributed by atoms with Gasteiger partial charge in [0.15, 0.2) is 0 Å². The molecule has 0 aliphatic heterocycles. The normalized spacial score (nSPS) is 13.2. The van der Waals surface area contributed by atoms with Gasteiger partial charge in [-0.1, -0.05) is 11.6 Å². The Balaban J connectivity index is 3.81. The molecule has 74 valence electrons. The van der Waals surface area contributed by atoms with E-state index in [0.29, 0.717) is 0 Å². The monoisotopic (exact) mass is 180 g/mol. The Hall–Kier alpha value is -0.890. The Kier molecular flexibility index (Phi) is 7.21. The van der Waals surface area contributed by atoms with Crippen molar-refractivity contribution in [2.24, 2.45) is 4.99 Å². The van der Waals surface area contributed by atoms with E-state index in [1.165, 1.54) is 12.0 Å². The van der Waals surface area contributed by atoms with Gasteiger partial charge in [-0.3, -0.25) is 4.99 Å². The van der Waals surface area contributed by atoms with E-state index in [1.54, 1.807) is 0 Å². The molecule has 0 saturated carbocycles. The number of hydrogen-bond donors (Lipinski definition) is 1. The molecule has 0 unspecified atom stereocenters.